The van der Waals surface area contributed by atoms with Gasteiger partial charge in [0, 0.05) is 13.0 Å². The Hall–Kier alpha value is -1.84. The van der Waals surface area contributed by atoms with Crippen LogP contribution in [-0.4, -0.2) is 66.3 Å². The lowest BCUT2D eigenvalue weighted by atomic mass is 10.0. The Labute approximate surface area is 368 Å². The largest absolute Gasteiger partial charge is 0.472 e. The molecule has 0 fully saturated rings. The summed E-state index contributed by atoms with van der Waals surface area (Å²) in [5, 5.41) is 18.4. The summed E-state index contributed by atoms with van der Waals surface area (Å²) < 4.78 is 33.4. The molecule has 0 aliphatic carbocycles. The zero-order valence-electron chi connectivity index (χ0n) is 38.4. The van der Waals surface area contributed by atoms with Crippen LogP contribution in [0.5, 0.6) is 0 Å². The molecule has 0 rings (SSSR count). The van der Waals surface area contributed by atoms with Crippen LogP contribution in [0.25, 0.3) is 0 Å². The average molecular weight is 867 g/mol. The van der Waals surface area contributed by atoms with Crippen molar-refractivity contribution in [2.45, 2.75) is 219 Å². The number of phosphoric ester groups is 1. The maximum Gasteiger partial charge on any atom is 0.472 e. The number of hydrogen-bond donors (Lipinski definition) is 3. The highest BCUT2D eigenvalue weighted by Crippen LogP contribution is 2.43. The molecule has 9 nitrogen and oxygen atoms in total. The van der Waals surface area contributed by atoms with Gasteiger partial charge in [0.15, 0.2) is 0 Å². The third-order valence-corrected chi connectivity index (χ3v) is 11.2. The molecule has 0 aromatic rings. The number of esters is 1. The molecule has 3 atom stereocenters. The highest BCUT2D eigenvalue weighted by molar-refractivity contribution is 7.47. The van der Waals surface area contributed by atoms with E-state index in [0.29, 0.717) is 13.0 Å². The number of carbonyl (C=O) groups excluding carboxylic acids is 1. The third-order valence-electron chi connectivity index (χ3n) is 10.2. The lowest BCUT2D eigenvalue weighted by Gasteiger charge is -2.20. The second-order valence-corrected chi connectivity index (χ2v) is 17.6. The van der Waals surface area contributed by atoms with Crippen molar-refractivity contribution in [3.8, 4) is 0 Å². The van der Waals surface area contributed by atoms with Gasteiger partial charge < -0.3 is 24.6 Å². The van der Waals surface area contributed by atoms with Crippen molar-refractivity contribution in [1.82, 2.24) is 0 Å². The van der Waals surface area contributed by atoms with Crippen molar-refractivity contribution in [3.05, 3.63) is 60.8 Å². The van der Waals surface area contributed by atoms with Gasteiger partial charge in [0.1, 0.15) is 12.2 Å². The molecule has 0 bridgehead atoms. The van der Waals surface area contributed by atoms with E-state index in [1.54, 1.807) is 0 Å². The van der Waals surface area contributed by atoms with Gasteiger partial charge in [-0.15, -0.1) is 0 Å². The number of ether oxygens (including phenoxy) is 2. The smallest absolute Gasteiger partial charge is 0.457 e. The van der Waals surface area contributed by atoms with Crippen LogP contribution in [0, 0.1) is 0 Å². The molecule has 350 valence electrons. The molecule has 3 unspecified atom stereocenters. The summed E-state index contributed by atoms with van der Waals surface area (Å²) in [6, 6.07) is 0. The van der Waals surface area contributed by atoms with E-state index in [0.717, 1.165) is 57.8 Å². The lowest BCUT2D eigenvalue weighted by Crippen LogP contribution is -2.29. The summed E-state index contributed by atoms with van der Waals surface area (Å²) in [7, 11) is -4.54. The van der Waals surface area contributed by atoms with Gasteiger partial charge in [0.2, 0.25) is 0 Å². The van der Waals surface area contributed by atoms with Crippen molar-refractivity contribution < 1.29 is 43.0 Å². The van der Waals surface area contributed by atoms with Crippen LogP contribution in [0.15, 0.2) is 60.8 Å². The monoisotopic (exact) mass is 867 g/mol. The molecule has 0 amide bonds. The molecule has 0 aliphatic rings. The summed E-state index contributed by atoms with van der Waals surface area (Å²) in [5.41, 5.74) is 0. The molecule has 0 saturated heterocycles. The Kier molecular flexibility index (Phi) is 45.2. The zero-order valence-corrected chi connectivity index (χ0v) is 39.3. The topological polar surface area (TPSA) is 132 Å². The van der Waals surface area contributed by atoms with Crippen molar-refractivity contribution in [2.24, 2.45) is 0 Å². The SMILES string of the molecule is CC/C=C\C/C=C\C/C=C\C/C=C\C/C=C\CCCC(=O)OC(COCCCCCCCCCCCCCCCCCCCCCCCC)COP(=O)(O)OCC(O)CO. The first-order chi connectivity index (χ1) is 29.3. The van der Waals surface area contributed by atoms with Crippen molar-refractivity contribution in [2.75, 3.05) is 33.0 Å². The zero-order chi connectivity index (χ0) is 43.9. The Morgan fingerprint density at radius 2 is 0.933 bits per heavy atom. The molecule has 60 heavy (non-hydrogen) atoms. The number of phosphoric acid groups is 1. The van der Waals surface area contributed by atoms with E-state index in [1.807, 2.05) is 0 Å². The van der Waals surface area contributed by atoms with Crippen molar-refractivity contribution in [1.29, 1.82) is 0 Å². The molecular formula is C50H91O9P. The lowest BCUT2D eigenvalue weighted by molar-refractivity contribution is -0.154. The molecule has 0 radical (unpaired) electrons. The van der Waals surface area contributed by atoms with Gasteiger partial charge >= 0.3 is 13.8 Å². The minimum atomic E-state index is -4.54. The van der Waals surface area contributed by atoms with Crippen LogP contribution in [0.1, 0.15) is 206 Å². The van der Waals surface area contributed by atoms with Gasteiger partial charge in [-0.05, 0) is 51.4 Å². The highest BCUT2D eigenvalue weighted by Gasteiger charge is 2.26. The van der Waals surface area contributed by atoms with E-state index in [2.05, 4.69) is 74.6 Å². The van der Waals surface area contributed by atoms with Gasteiger partial charge in [0.25, 0.3) is 0 Å². The summed E-state index contributed by atoms with van der Waals surface area (Å²) in [6.07, 6.45) is 54.9. The number of hydrogen-bond acceptors (Lipinski definition) is 8. The predicted octanol–water partition coefficient (Wildman–Crippen LogP) is 13.9. The molecule has 0 aliphatic heterocycles. The van der Waals surface area contributed by atoms with E-state index in [9.17, 15) is 19.4 Å². The van der Waals surface area contributed by atoms with Crippen LogP contribution in [0.2, 0.25) is 0 Å². The molecule has 3 N–H and O–H groups in total. The van der Waals surface area contributed by atoms with Crippen LogP contribution in [0.4, 0.5) is 0 Å². The fourth-order valence-electron chi connectivity index (χ4n) is 6.57. The van der Waals surface area contributed by atoms with Crippen molar-refractivity contribution in [3.63, 3.8) is 0 Å². The highest BCUT2D eigenvalue weighted by atomic mass is 31.2. The maximum absolute atomic E-state index is 12.6. The molecule has 0 aromatic heterocycles. The number of aliphatic hydroxyl groups excluding tert-OH is 2. The maximum atomic E-state index is 12.6. The Morgan fingerprint density at radius 1 is 0.533 bits per heavy atom. The summed E-state index contributed by atoms with van der Waals surface area (Å²) in [4.78, 5) is 22.6. The Balaban J connectivity index is 4.14. The molecular weight excluding hydrogens is 776 g/mol. The average Bonchev–Trinajstić information content (AvgIpc) is 3.24. The van der Waals surface area contributed by atoms with Gasteiger partial charge in [-0.2, -0.15) is 0 Å². The number of carbonyl (C=O) groups is 1. The Morgan fingerprint density at radius 3 is 1.37 bits per heavy atom. The minimum absolute atomic E-state index is 0.0268. The first kappa shape index (κ1) is 58.2. The minimum Gasteiger partial charge on any atom is -0.457 e. The molecule has 0 aromatic carbocycles. The van der Waals surface area contributed by atoms with E-state index in [4.69, 9.17) is 23.6 Å². The third kappa shape index (κ3) is 45.7. The second-order valence-electron chi connectivity index (χ2n) is 16.1. The first-order valence-corrected chi connectivity index (χ1v) is 25.8. The molecule has 0 heterocycles. The van der Waals surface area contributed by atoms with Crippen molar-refractivity contribution >= 4 is 13.8 Å². The second kappa shape index (κ2) is 46.7. The van der Waals surface area contributed by atoms with Gasteiger partial charge in [-0.25, -0.2) is 4.57 Å². The summed E-state index contributed by atoms with van der Waals surface area (Å²) in [6.45, 7) is 3.35. The number of aliphatic hydroxyl groups is 2. The van der Waals surface area contributed by atoms with E-state index in [1.165, 1.54) is 122 Å². The molecule has 10 heteroatoms. The van der Waals surface area contributed by atoms with Gasteiger partial charge in [-0.3, -0.25) is 13.8 Å². The number of unbranched alkanes of at least 4 members (excludes halogenated alkanes) is 22. The normalized spacial score (nSPS) is 14.4. The molecule has 0 spiro atoms. The van der Waals surface area contributed by atoms with Crippen LogP contribution >= 0.6 is 7.82 Å². The Bertz CT molecular complexity index is 1120. The van der Waals surface area contributed by atoms with Gasteiger partial charge in [-0.1, -0.05) is 209 Å². The van der Waals surface area contributed by atoms with E-state index in [-0.39, 0.29) is 13.0 Å². The number of rotatable bonds is 46. The predicted molar refractivity (Wildman–Crippen MR) is 251 cm³/mol. The summed E-state index contributed by atoms with van der Waals surface area (Å²) >= 11 is 0. The summed E-state index contributed by atoms with van der Waals surface area (Å²) in [5.74, 6) is -0.437. The standard InChI is InChI=1S/C50H91O9P/c1-3-5-7-9-11-13-15-17-19-21-22-23-24-25-27-29-31-33-35-37-39-41-43-56-46-49(47-58-60(54,55)57-45-48(52)44-51)59-50(53)42-40-38-36-34-32-30-28-26-20-18-16-14-12-10-8-6-4-2/h6,8,12,14,18,20,28,30,34,36,48-49,51-52H,3-5,7,9-11,13,15-17,19,21-27,29,31-33,35,37-47H2,1-2H3,(H,54,55)/b8-6-,14-12-,20-18-,30-28-,36-34-. The van der Waals surface area contributed by atoms with Crippen LogP contribution in [-0.2, 0) is 27.9 Å². The van der Waals surface area contributed by atoms with Crippen LogP contribution < -0.4 is 0 Å². The first-order valence-electron chi connectivity index (χ1n) is 24.3. The fraction of sp³-hybridized carbons (Fsp3) is 0.780. The molecule has 0 saturated carbocycles. The van der Waals surface area contributed by atoms with E-state index < -0.39 is 45.8 Å². The quantitative estimate of drug-likeness (QED) is 0.0237. The van der Waals surface area contributed by atoms with Crippen LogP contribution in [0.3, 0.4) is 0 Å². The van der Waals surface area contributed by atoms with Gasteiger partial charge in [0.05, 0.1) is 26.4 Å². The number of allylic oxidation sites excluding steroid dienone is 10. The fourth-order valence-corrected chi connectivity index (χ4v) is 7.36. The van der Waals surface area contributed by atoms with E-state index >= 15 is 0 Å².